The number of benzene rings is 1. The molecule has 1 atom stereocenters. The molecule has 0 N–H and O–H groups in total. The fraction of sp³-hybridized carbons (Fsp3) is 0.533. The van der Waals surface area contributed by atoms with Crippen molar-refractivity contribution < 1.29 is 4.74 Å². The van der Waals surface area contributed by atoms with E-state index in [1.54, 1.807) is 7.11 Å². The second-order valence-corrected chi connectivity index (χ2v) is 4.99. The van der Waals surface area contributed by atoms with Gasteiger partial charge in [-0.15, -0.1) is 0 Å². The van der Waals surface area contributed by atoms with E-state index in [2.05, 4.69) is 35.0 Å². The Labute approximate surface area is 115 Å². The van der Waals surface area contributed by atoms with E-state index in [0.29, 0.717) is 12.5 Å². The maximum atomic E-state index is 8.94. The van der Waals surface area contributed by atoms with E-state index in [4.69, 9.17) is 10.00 Å². The lowest BCUT2D eigenvalue weighted by Gasteiger charge is -2.28. The van der Waals surface area contributed by atoms with Crippen LogP contribution < -0.4 is 9.64 Å². The van der Waals surface area contributed by atoms with E-state index in [0.717, 1.165) is 31.8 Å². The average Bonchev–Trinajstić information content (AvgIpc) is 2.62. The number of nitrogens with zero attached hydrogens (tertiary/aromatic N) is 3. The second kappa shape index (κ2) is 6.44. The number of hydrogen-bond donors (Lipinski definition) is 0. The molecule has 0 saturated carbocycles. The molecule has 1 saturated heterocycles. The number of rotatable bonds is 3. The SMILES string of the molecule is COc1ccc(N2CCCN(C)C(CC#N)C2)cc1. The van der Waals surface area contributed by atoms with Crippen molar-refractivity contribution in [3.63, 3.8) is 0 Å². The summed E-state index contributed by atoms with van der Waals surface area (Å²) in [5.41, 5.74) is 1.21. The molecule has 2 rings (SSSR count). The highest BCUT2D eigenvalue weighted by molar-refractivity contribution is 5.49. The van der Waals surface area contributed by atoms with Crippen molar-refractivity contribution in [1.82, 2.24) is 4.90 Å². The predicted molar refractivity (Wildman–Crippen MR) is 76.5 cm³/mol. The summed E-state index contributed by atoms with van der Waals surface area (Å²) < 4.78 is 5.19. The maximum Gasteiger partial charge on any atom is 0.119 e. The van der Waals surface area contributed by atoms with Crippen molar-refractivity contribution in [1.29, 1.82) is 5.26 Å². The summed E-state index contributed by atoms with van der Waals surface area (Å²) in [6.07, 6.45) is 1.72. The lowest BCUT2D eigenvalue weighted by Crippen LogP contribution is -2.38. The van der Waals surface area contributed by atoms with Crippen LogP contribution in [0, 0.1) is 11.3 Å². The summed E-state index contributed by atoms with van der Waals surface area (Å²) in [6, 6.07) is 10.8. The van der Waals surface area contributed by atoms with Gasteiger partial charge in [0.25, 0.3) is 0 Å². The number of likely N-dealkylation sites (N-methyl/N-ethyl adjacent to an activating group) is 1. The van der Waals surface area contributed by atoms with Gasteiger partial charge >= 0.3 is 0 Å². The Hall–Kier alpha value is -1.73. The van der Waals surface area contributed by atoms with Crippen LogP contribution in [0.15, 0.2) is 24.3 Å². The minimum Gasteiger partial charge on any atom is -0.497 e. The zero-order valence-corrected chi connectivity index (χ0v) is 11.7. The molecule has 0 radical (unpaired) electrons. The van der Waals surface area contributed by atoms with Crippen molar-refractivity contribution in [2.75, 3.05) is 38.7 Å². The molecule has 1 heterocycles. The Morgan fingerprint density at radius 1 is 1.32 bits per heavy atom. The van der Waals surface area contributed by atoms with Crippen LogP contribution in [0.1, 0.15) is 12.8 Å². The molecule has 4 nitrogen and oxygen atoms in total. The summed E-state index contributed by atoms with van der Waals surface area (Å²) in [5.74, 6) is 0.879. The first-order chi connectivity index (χ1) is 9.24. The second-order valence-electron chi connectivity index (χ2n) is 4.99. The quantitative estimate of drug-likeness (QED) is 0.833. The van der Waals surface area contributed by atoms with E-state index in [-0.39, 0.29) is 0 Å². The van der Waals surface area contributed by atoms with E-state index in [9.17, 15) is 0 Å². The number of ether oxygens (including phenoxy) is 1. The number of anilines is 1. The lowest BCUT2D eigenvalue weighted by atomic mass is 10.2. The predicted octanol–water partition coefficient (Wildman–Crippen LogP) is 2.12. The summed E-state index contributed by atoms with van der Waals surface area (Å²) in [6.45, 7) is 3.01. The first-order valence-electron chi connectivity index (χ1n) is 6.71. The molecule has 1 aromatic carbocycles. The van der Waals surface area contributed by atoms with E-state index in [1.807, 2.05) is 12.1 Å². The third-order valence-corrected chi connectivity index (χ3v) is 3.76. The van der Waals surface area contributed by atoms with Crippen LogP contribution in [-0.4, -0.2) is 44.7 Å². The normalized spacial score (nSPS) is 20.7. The van der Waals surface area contributed by atoms with Crippen molar-refractivity contribution >= 4 is 5.69 Å². The van der Waals surface area contributed by atoms with Crippen LogP contribution in [0.4, 0.5) is 5.69 Å². The molecule has 4 heteroatoms. The van der Waals surface area contributed by atoms with Crippen LogP contribution >= 0.6 is 0 Å². The lowest BCUT2D eigenvalue weighted by molar-refractivity contribution is 0.264. The summed E-state index contributed by atoms with van der Waals surface area (Å²) in [7, 11) is 3.79. The Balaban J connectivity index is 2.11. The molecule has 0 aromatic heterocycles. The standard InChI is InChI=1S/C15H21N3O/c1-17-10-3-11-18(12-14(17)8-9-16)13-4-6-15(19-2)7-5-13/h4-7,14H,3,8,10-12H2,1-2H3. The Bertz CT molecular complexity index is 438. The third kappa shape index (κ3) is 3.39. The van der Waals surface area contributed by atoms with Crippen LogP contribution in [0.5, 0.6) is 5.75 Å². The summed E-state index contributed by atoms with van der Waals surface area (Å²) in [5, 5.41) is 8.94. The molecule has 1 aliphatic rings. The van der Waals surface area contributed by atoms with Gasteiger partial charge in [-0.25, -0.2) is 0 Å². The van der Waals surface area contributed by atoms with Gasteiger partial charge in [0.05, 0.1) is 19.6 Å². The van der Waals surface area contributed by atoms with Gasteiger partial charge in [0.1, 0.15) is 5.75 Å². The molecular weight excluding hydrogens is 238 g/mol. The minimum atomic E-state index is 0.314. The summed E-state index contributed by atoms with van der Waals surface area (Å²) in [4.78, 5) is 4.66. The molecular formula is C15H21N3O. The van der Waals surface area contributed by atoms with Crippen molar-refractivity contribution in [3.05, 3.63) is 24.3 Å². The molecule has 0 spiro atoms. The number of nitriles is 1. The average molecular weight is 259 g/mol. The Morgan fingerprint density at radius 2 is 2.05 bits per heavy atom. The molecule has 0 aliphatic carbocycles. The largest absolute Gasteiger partial charge is 0.497 e. The van der Waals surface area contributed by atoms with Crippen molar-refractivity contribution in [2.45, 2.75) is 18.9 Å². The Kier molecular flexibility index (Phi) is 4.64. The number of methoxy groups -OCH3 is 1. The molecule has 1 aliphatic heterocycles. The highest BCUT2D eigenvalue weighted by Crippen LogP contribution is 2.22. The molecule has 1 fully saturated rings. The molecule has 102 valence electrons. The highest BCUT2D eigenvalue weighted by Gasteiger charge is 2.22. The Morgan fingerprint density at radius 3 is 2.68 bits per heavy atom. The van der Waals surface area contributed by atoms with Gasteiger partial charge in [-0.05, 0) is 44.3 Å². The van der Waals surface area contributed by atoms with E-state index >= 15 is 0 Å². The van der Waals surface area contributed by atoms with Crippen LogP contribution in [0.25, 0.3) is 0 Å². The van der Waals surface area contributed by atoms with E-state index < -0.39 is 0 Å². The highest BCUT2D eigenvalue weighted by atomic mass is 16.5. The van der Waals surface area contributed by atoms with Gasteiger partial charge in [0.2, 0.25) is 0 Å². The van der Waals surface area contributed by atoms with Crippen LogP contribution in [0.3, 0.4) is 0 Å². The minimum absolute atomic E-state index is 0.314. The number of hydrogen-bond acceptors (Lipinski definition) is 4. The van der Waals surface area contributed by atoms with Crippen molar-refractivity contribution in [2.24, 2.45) is 0 Å². The molecule has 1 aromatic rings. The first-order valence-corrected chi connectivity index (χ1v) is 6.71. The fourth-order valence-corrected chi connectivity index (χ4v) is 2.53. The van der Waals surface area contributed by atoms with Crippen LogP contribution in [0.2, 0.25) is 0 Å². The van der Waals surface area contributed by atoms with Gasteiger partial charge < -0.3 is 14.5 Å². The first kappa shape index (κ1) is 13.7. The molecule has 19 heavy (non-hydrogen) atoms. The molecule has 1 unspecified atom stereocenters. The molecule has 0 amide bonds. The fourth-order valence-electron chi connectivity index (χ4n) is 2.53. The zero-order valence-electron chi connectivity index (χ0n) is 11.7. The van der Waals surface area contributed by atoms with Gasteiger partial charge in [0.15, 0.2) is 0 Å². The van der Waals surface area contributed by atoms with Crippen molar-refractivity contribution in [3.8, 4) is 11.8 Å². The van der Waals surface area contributed by atoms with E-state index in [1.165, 1.54) is 5.69 Å². The smallest absolute Gasteiger partial charge is 0.119 e. The third-order valence-electron chi connectivity index (χ3n) is 3.76. The molecule has 0 bridgehead atoms. The topological polar surface area (TPSA) is 39.5 Å². The van der Waals surface area contributed by atoms with Gasteiger partial charge in [-0.3, -0.25) is 0 Å². The van der Waals surface area contributed by atoms with Gasteiger partial charge in [-0.1, -0.05) is 0 Å². The maximum absolute atomic E-state index is 8.94. The van der Waals surface area contributed by atoms with Gasteiger partial charge in [-0.2, -0.15) is 5.26 Å². The van der Waals surface area contributed by atoms with Crippen LogP contribution in [-0.2, 0) is 0 Å². The van der Waals surface area contributed by atoms with Gasteiger partial charge in [0, 0.05) is 24.8 Å². The monoisotopic (exact) mass is 259 g/mol. The zero-order chi connectivity index (χ0) is 13.7. The summed E-state index contributed by atoms with van der Waals surface area (Å²) >= 11 is 0.